The minimum absolute atomic E-state index is 0.193. The number of esters is 1. The van der Waals surface area contributed by atoms with Crippen molar-refractivity contribution in [3.8, 4) is 5.75 Å². The summed E-state index contributed by atoms with van der Waals surface area (Å²) in [5, 5.41) is 0.884. The van der Waals surface area contributed by atoms with Gasteiger partial charge in [0.1, 0.15) is 5.75 Å². The molecule has 0 saturated carbocycles. The molecule has 0 N–H and O–H groups in total. The topological polar surface area (TPSA) is 65.5 Å². The molecule has 0 fully saturated rings. The van der Waals surface area contributed by atoms with E-state index in [1.807, 2.05) is 24.3 Å². The summed E-state index contributed by atoms with van der Waals surface area (Å²) in [4.78, 5) is 28.5. The standard InChI is InChI=1S/C19H17NO4S/c1-23-16-8-4-2-6-13(16)15(21)12-24-19(22)11-10-18-20-14-7-3-5-9-17(14)25-18/h2-9H,10-12H2,1H3. The molecule has 128 valence electrons. The summed E-state index contributed by atoms with van der Waals surface area (Å²) in [6, 6.07) is 14.7. The van der Waals surface area contributed by atoms with Crippen molar-refractivity contribution in [3.05, 3.63) is 59.1 Å². The van der Waals surface area contributed by atoms with Gasteiger partial charge in [-0.2, -0.15) is 0 Å². The molecule has 0 spiro atoms. The zero-order chi connectivity index (χ0) is 17.6. The number of ether oxygens (including phenoxy) is 2. The lowest BCUT2D eigenvalue weighted by Gasteiger charge is -2.07. The van der Waals surface area contributed by atoms with E-state index in [2.05, 4.69) is 4.98 Å². The minimum Gasteiger partial charge on any atom is -0.496 e. The van der Waals surface area contributed by atoms with E-state index in [4.69, 9.17) is 9.47 Å². The van der Waals surface area contributed by atoms with Gasteiger partial charge >= 0.3 is 5.97 Å². The molecule has 6 heteroatoms. The van der Waals surface area contributed by atoms with E-state index < -0.39 is 5.97 Å². The van der Waals surface area contributed by atoms with E-state index in [-0.39, 0.29) is 18.8 Å². The number of hydrogen-bond acceptors (Lipinski definition) is 6. The monoisotopic (exact) mass is 355 g/mol. The molecular weight excluding hydrogens is 338 g/mol. The third-order valence-electron chi connectivity index (χ3n) is 3.65. The molecule has 0 aliphatic rings. The number of rotatable bonds is 7. The first kappa shape index (κ1) is 17.1. The summed E-state index contributed by atoms with van der Waals surface area (Å²) in [5.74, 6) is -0.230. The molecule has 0 saturated heterocycles. The van der Waals surface area contributed by atoms with Crippen molar-refractivity contribution >= 4 is 33.3 Å². The highest BCUT2D eigenvalue weighted by molar-refractivity contribution is 7.18. The van der Waals surface area contributed by atoms with Crippen LogP contribution in [0.2, 0.25) is 0 Å². The average molecular weight is 355 g/mol. The van der Waals surface area contributed by atoms with Gasteiger partial charge in [0.15, 0.2) is 6.61 Å². The van der Waals surface area contributed by atoms with Crippen LogP contribution < -0.4 is 4.74 Å². The van der Waals surface area contributed by atoms with E-state index >= 15 is 0 Å². The van der Waals surface area contributed by atoms with Crippen molar-refractivity contribution < 1.29 is 19.1 Å². The van der Waals surface area contributed by atoms with Crippen LogP contribution in [0.15, 0.2) is 48.5 Å². The van der Waals surface area contributed by atoms with Crippen LogP contribution >= 0.6 is 11.3 Å². The molecule has 3 aromatic rings. The van der Waals surface area contributed by atoms with Crippen LogP contribution in [0.5, 0.6) is 5.75 Å². The molecule has 5 nitrogen and oxygen atoms in total. The summed E-state index contributed by atoms with van der Waals surface area (Å²) in [5.41, 5.74) is 1.34. The molecule has 25 heavy (non-hydrogen) atoms. The molecule has 1 heterocycles. The number of ketones is 1. The second-order valence-corrected chi connectivity index (χ2v) is 6.47. The van der Waals surface area contributed by atoms with Crippen LogP contribution in [0.25, 0.3) is 10.2 Å². The Morgan fingerprint density at radius 2 is 1.84 bits per heavy atom. The van der Waals surface area contributed by atoms with Crippen molar-refractivity contribution in [1.29, 1.82) is 0 Å². The van der Waals surface area contributed by atoms with Crippen LogP contribution in [0, 0.1) is 0 Å². The van der Waals surface area contributed by atoms with Gasteiger partial charge in [-0.05, 0) is 24.3 Å². The largest absolute Gasteiger partial charge is 0.496 e. The Morgan fingerprint density at radius 1 is 1.08 bits per heavy atom. The predicted molar refractivity (Wildman–Crippen MR) is 96.2 cm³/mol. The molecule has 0 aliphatic carbocycles. The first-order valence-electron chi connectivity index (χ1n) is 7.83. The van der Waals surface area contributed by atoms with Gasteiger partial charge in [0, 0.05) is 6.42 Å². The smallest absolute Gasteiger partial charge is 0.306 e. The maximum Gasteiger partial charge on any atom is 0.306 e. The number of benzene rings is 2. The summed E-state index contributed by atoms with van der Waals surface area (Å²) in [6.07, 6.45) is 0.694. The van der Waals surface area contributed by atoms with Crippen molar-refractivity contribution in [3.63, 3.8) is 0 Å². The highest BCUT2D eigenvalue weighted by atomic mass is 32.1. The van der Waals surface area contributed by atoms with Gasteiger partial charge in [0.05, 0.1) is 34.3 Å². The lowest BCUT2D eigenvalue weighted by atomic mass is 10.1. The Morgan fingerprint density at radius 3 is 2.64 bits per heavy atom. The van der Waals surface area contributed by atoms with Crippen LogP contribution in [-0.2, 0) is 16.0 Å². The molecule has 0 atom stereocenters. The average Bonchev–Trinajstić information content (AvgIpc) is 3.07. The van der Waals surface area contributed by atoms with E-state index in [9.17, 15) is 9.59 Å². The summed E-state index contributed by atoms with van der Waals surface area (Å²) < 4.78 is 11.3. The first-order chi connectivity index (χ1) is 12.2. The van der Waals surface area contributed by atoms with Crippen molar-refractivity contribution in [2.24, 2.45) is 0 Å². The molecule has 0 aliphatic heterocycles. The third kappa shape index (κ3) is 4.22. The number of aryl methyl sites for hydroxylation is 1. The molecule has 1 aromatic heterocycles. The highest BCUT2D eigenvalue weighted by Gasteiger charge is 2.14. The fourth-order valence-corrected chi connectivity index (χ4v) is 3.37. The fraction of sp³-hybridized carbons (Fsp3) is 0.211. The van der Waals surface area contributed by atoms with Gasteiger partial charge in [-0.15, -0.1) is 11.3 Å². The highest BCUT2D eigenvalue weighted by Crippen LogP contribution is 2.22. The van der Waals surface area contributed by atoms with Crippen LogP contribution in [0.1, 0.15) is 21.8 Å². The van der Waals surface area contributed by atoms with Gasteiger partial charge in [0.2, 0.25) is 5.78 Å². The number of hydrogen-bond donors (Lipinski definition) is 0. The Bertz CT molecular complexity index is 870. The maximum absolute atomic E-state index is 12.2. The number of Topliss-reactive ketones (excluding diaryl/α,β-unsaturated/α-hetero) is 1. The minimum atomic E-state index is -0.414. The lowest BCUT2D eigenvalue weighted by Crippen LogP contribution is -2.15. The van der Waals surface area contributed by atoms with Crippen molar-refractivity contribution in [1.82, 2.24) is 4.98 Å². The number of aromatic nitrogens is 1. The Balaban J connectivity index is 1.51. The summed E-state index contributed by atoms with van der Waals surface area (Å²) in [6.45, 7) is -0.293. The normalized spacial score (nSPS) is 10.6. The quantitative estimate of drug-likeness (QED) is 0.478. The Hall–Kier alpha value is -2.73. The number of nitrogens with zero attached hydrogens (tertiary/aromatic N) is 1. The molecule has 3 rings (SSSR count). The number of thiazole rings is 1. The Kier molecular flexibility index (Phi) is 5.40. The SMILES string of the molecule is COc1ccccc1C(=O)COC(=O)CCc1nc2ccccc2s1. The lowest BCUT2D eigenvalue weighted by molar-refractivity contribution is -0.142. The first-order valence-corrected chi connectivity index (χ1v) is 8.65. The molecule has 0 unspecified atom stereocenters. The Labute approximate surface area is 149 Å². The second-order valence-electron chi connectivity index (χ2n) is 5.36. The van der Waals surface area contributed by atoms with Gasteiger partial charge in [-0.25, -0.2) is 4.98 Å². The van der Waals surface area contributed by atoms with E-state index in [1.165, 1.54) is 7.11 Å². The summed E-state index contributed by atoms with van der Waals surface area (Å²) in [7, 11) is 1.50. The number of fused-ring (bicyclic) bond motifs is 1. The van der Waals surface area contributed by atoms with Gasteiger partial charge < -0.3 is 9.47 Å². The predicted octanol–water partition coefficient (Wildman–Crippen LogP) is 3.66. The maximum atomic E-state index is 12.2. The fourth-order valence-electron chi connectivity index (χ4n) is 2.41. The van der Waals surface area contributed by atoms with Crippen LogP contribution in [-0.4, -0.2) is 30.5 Å². The number of methoxy groups -OCH3 is 1. The number of para-hydroxylation sites is 2. The van der Waals surface area contributed by atoms with Gasteiger partial charge in [-0.1, -0.05) is 24.3 Å². The van der Waals surface area contributed by atoms with E-state index in [1.54, 1.807) is 35.6 Å². The zero-order valence-electron chi connectivity index (χ0n) is 13.7. The molecule has 0 amide bonds. The molecule has 0 bridgehead atoms. The molecule has 2 aromatic carbocycles. The molecule has 0 radical (unpaired) electrons. The van der Waals surface area contributed by atoms with Crippen molar-refractivity contribution in [2.75, 3.05) is 13.7 Å². The third-order valence-corrected chi connectivity index (χ3v) is 4.75. The summed E-state index contributed by atoms with van der Waals surface area (Å²) >= 11 is 1.56. The van der Waals surface area contributed by atoms with Gasteiger partial charge in [-0.3, -0.25) is 9.59 Å². The zero-order valence-corrected chi connectivity index (χ0v) is 14.5. The second kappa shape index (κ2) is 7.90. The molecular formula is C19H17NO4S. The van der Waals surface area contributed by atoms with E-state index in [0.29, 0.717) is 17.7 Å². The van der Waals surface area contributed by atoms with Crippen LogP contribution in [0.4, 0.5) is 0 Å². The number of carbonyl (C=O) groups is 2. The van der Waals surface area contributed by atoms with Crippen LogP contribution in [0.3, 0.4) is 0 Å². The van der Waals surface area contributed by atoms with Gasteiger partial charge in [0.25, 0.3) is 0 Å². The van der Waals surface area contributed by atoms with E-state index in [0.717, 1.165) is 15.2 Å². The number of carbonyl (C=O) groups excluding carboxylic acids is 2. The van der Waals surface area contributed by atoms with Crippen molar-refractivity contribution in [2.45, 2.75) is 12.8 Å².